The van der Waals surface area contributed by atoms with Gasteiger partial charge in [0, 0.05) is 29.5 Å². The maximum atomic E-state index is 13.0. The van der Waals surface area contributed by atoms with Gasteiger partial charge in [0.1, 0.15) is 10.4 Å². The van der Waals surface area contributed by atoms with E-state index in [1.165, 1.54) is 17.4 Å². The molecule has 1 amide bonds. The van der Waals surface area contributed by atoms with Crippen molar-refractivity contribution in [1.29, 1.82) is 0 Å². The molecule has 10 nitrogen and oxygen atoms in total. The maximum Gasteiger partial charge on any atom is 0.247 e. The Hall–Kier alpha value is -3.84. The molecule has 3 N–H and O–H groups in total. The predicted octanol–water partition coefficient (Wildman–Crippen LogP) is 5.50. The van der Waals surface area contributed by atoms with Gasteiger partial charge in [0.05, 0.1) is 10.4 Å². The van der Waals surface area contributed by atoms with E-state index in [1.807, 2.05) is 11.4 Å². The number of anilines is 3. The number of thiophene rings is 1. The molecule has 5 rings (SSSR count). The van der Waals surface area contributed by atoms with Crippen molar-refractivity contribution >= 4 is 54.8 Å². The second kappa shape index (κ2) is 12.4. The highest BCUT2D eigenvalue weighted by atomic mass is 32.2. The fourth-order valence-electron chi connectivity index (χ4n) is 4.57. The number of nitrogens with zero attached hydrogens (tertiary/aromatic N) is 3. The molecule has 0 aliphatic carbocycles. The van der Waals surface area contributed by atoms with Crippen LogP contribution in [-0.4, -0.2) is 54.4 Å². The minimum absolute atomic E-state index is 0.0732. The Morgan fingerprint density at radius 2 is 1.85 bits per heavy atom. The van der Waals surface area contributed by atoms with Crippen LogP contribution in [0.1, 0.15) is 26.7 Å². The third kappa shape index (κ3) is 7.09. The number of hydrogen-bond donors (Lipinski definition) is 3. The quantitative estimate of drug-likeness (QED) is 0.206. The van der Waals surface area contributed by atoms with E-state index in [4.69, 9.17) is 4.74 Å². The minimum Gasteiger partial charge on any atom is -0.437 e. The molecule has 1 aliphatic heterocycles. The highest BCUT2D eigenvalue weighted by molar-refractivity contribution is 7.89. The van der Waals surface area contributed by atoms with Crippen LogP contribution in [0.5, 0.6) is 11.6 Å². The number of nitrogens with one attached hydrogen (secondary N) is 3. The number of amides is 1. The number of hydrogen-bond acceptors (Lipinski definition) is 9. The Kier molecular flexibility index (Phi) is 8.64. The summed E-state index contributed by atoms with van der Waals surface area (Å²) in [5.41, 5.74) is 1.89. The van der Waals surface area contributed by atoms with Gasteiger partial charge < -0.3 is 20.3 Å². The summed E-state index contributed by atoms with van der Waals surface area (Å²) >= 11 is 1.45. The topological polar surface area (TPSA) is 126 Å². The molecule has 3 heterocycles. The van der Waals surface area contributed by atoms with Crippen LogP contribution in [0, 0.1) is 0 Å². The van der Waals surface area contributed by atoms with Crippen LogP contribution in [0.3, 0.4) is 0 Å². The van der Waals surface area contributed by atoms with Gasteiger partial charge >= 0.3 is 0 Å². The molecule has 0 unspecified atom stereocenters. The SMILES string of the molecule is C=CC(=O)Nc1cccc(Oc2nc(Nc3ccc(S(=O)(=O)NC4CCN(C(C)C)CC4)cc3)nc3ccsc23)c1. The van der Waals surface area contributed by atoms with Gasteiger partial charge in [0.15, 0.2) is 0 Å². The molecule has 2 aromatic carbocycles. The molecule has 12 heteroatoms. The Morgan fingerprint density at radius 3 is 2.56 bits per heavy atom. The first-order valence-corrected chi connectivity index (χ1v) is 15.7. The lowest BCUT2D eigenvalue weighted by Crippen LogP contribution is -2.46. The average Bonchev–Trinajstić information content (AvgIpc) is 3.43. The van der Waals surface area contributed by atoms with Gasteiger partial charge in [-0.3, -0.25) is 4.79 Å². The van der Waals surface area contributed by atoms with Crippen LogP contribution in [0.4, 0.5) is 17.3 Å². The summed E-state index contributed by atoms with van der Waals surface area (Å²) in [6.07, 6.45) is 2.77. The van der Waals surface area contributed by atoms with Gasteiger partial charge in [-0.05, 0) is 93.7 Å². The van der Waals surface area contributed by atoms with Crippen molar-refractivity contribution in [3.05, 3.63) is 72.6 Å². The molecule has 0 saturated carbocycles. The van der Waals surface area contributed by atoms with Crippen molar-refractivity contribution in [2.75, 3.05) is 23.7 Å². The number of piperidine rings is 1. The molecule has 0 spiro atoms. The standard InChI is InChI=1S/C29H32N6O4S2/c1-4-26(36)30-22-6-5-7-23(18-22)39-28-27-25(14-17-40-27)32-29(33-28)31-20-8-10-24(11-9-20)41(37,38)34-21-12-15-35(16-13-21)19(2)3/h4-11,14,17-19,21,34H,1,12-13,15-16H2,2-3H3,(H,30,36)(H,31,32,33). The summed E-state index contributed by atoms with van der Waals surface area (Å²) in [5.74, 6) is 0.820. The first kappa shape index (κ1) is 28.7. The molecular weight excluding hydrogens is 560 g/mol. The van der Waals surface area contributed by atoms with Crippen molar-refractivity contribution in [3.63, 3.8) is 0 Å². The summed E-state index contributed by atoms with van der Waals surface area (Å²) in [6, 6.07) is 15.7. The molecule has 0 radical (unpaired) electrons. The number of carbonyl (C=O) groups is 1. The van der Waals surface area contributed by atoms with E-state index in [0.29, 0.717) is 40.5 Å². The van der Waals surface area contributed by atoms with Gasteiger partial charge in [-0.2, -0.15) is 4.98 Å². The van der Waals surface area contributed by atoms with E-state index in [2.05, 4.69) is 50.6 Å². The molecular formula is C29H32N6O4S2. The largest absolute Gasteiger partial charge is 0.437 e. The fourth-order valence-corrected chi connectivity index (χ4v) is 6.63. The van der Waals surface area contributed by atoms with Gasteiger partial charge in [-0.25, -0.2) is 18.1 Å². The number of carbonyl (C=O) groups excluding carboxylic acids is 1. The highest BCUT2D eigenvalue weighted by Gasteiger charge is 2.25. The van der Waals surface area contributed by atoms with Crippen LogP contribution in [0.2, 0.25) is 0 Å². The maximum absolute atomic E-state index is 13.0. The van der Waals surface area contributed by atoms with E-state index >= 15 is 0 Å². The zero-order chi connectivity index (χ0) is 29.0. The molecule has 0 atom stereocenters. The first-order chi connectivity index (χ1) is 19.7. The lowest BCUT2D eigenvalue weighted by Gasteiger charge is -2.34. The Balaban J connectivity index is 1.29. The minimum atomic E-state index is -3.64. The third-order valence-corrected chi connectivity index (χ3v) is 9.20. The van der Waals surface area contributed by atoms with Crippen LogP contribution >= 0.6 is 11.3 Å². The van der Waals surface area contributed by atoms with Gasteiger partial charge in [0.25, 0.3) is 0 Å². The number of rotatable bonds is 10. The summed E-state index contributed by atoms with van der Waals surface area (Å²) in [7, 11) is -3.64. The highest BCUT2D eigenvalue weighted by Crippen LogP contribution is 2.34. The van der Waals surface area contributed by atoms with Crippen molar-refractivity contribution in [1.82, 2.24) is 19.6 Å². The van der Waals surface area contributed by atoms with E-state index in [1.54, 1.807) is 48.5 Å². The van der Waals surface area contributed by atoms with Gasteiger partial charge in [-0.15, -0.1) is 11.3 Å². The Labute approximate surface area is 243 Å². The number of fused-ring (bicyclic) bond motifs is 1. The Morgan fingerprint density at radius 1 is 1.10 bits per heavy atom. The zero-order valence-corrected chi connectivity index (χ0v) is 24.5. The molecule has 41 heavy (non-hydrogen) atoms. The van der Waals surface area contributed by atoms with E-state index in [-0.39, 0.29) is 16.8 Å². The third-order valence-electron chi connectivity index (χ3n) is 6.78. The second-order valence-corrected chi connectivity index (χ2v) is 12.6. The molecule has 1 saturated heterocycles. The van der Waals surface area contributed by atoms with Gasteiger partial charge in [0.2, 0.25) is 27.8 Å². The molecule has 214 valence electrons. The normalized spacial score (nSPS) is 14.7. The summed E-state index contributed by atoms with van der Waals surface area (Å²) in [6.45, 7) is 9.54. The number of likely N-dealkylation sites (tertiary alicyclic amines) is 1. The lowest BCUT2D eigenvalue weighted by molar-refractivity contribution is -0.111. The number of benzene rings is 2. The first-order valence-electron chi connectivity index (χ1n) is 13.3. The van der Waals surface area contributed by atoms with Gasteiger partial charge in [-0.1, -0.05) is 12.6 Å². The molecule has 2 aromatic heterocycles. The van der Waals surface area contributed by atoms with Crippen molar-refractivity contribution in [2.24, 2.45) is 0 Å². The molecule has 1 aliphatic rings. The van der Waals surface area contributed by atoms with Crippen LogP contribution < -0.4 is 20.1 Å². The molecule has 1 fully saturated rings. The van der Waals surface area contributed by atoms with Crippen LogP contribution in [0.15, 0.2) is 77.5 Å². The molecule has 4 aromatic rings. The number of sulfonamides is 1. The van der Waals surface area contributed by atoms with Crippen molar-refractivity contribution in [2.45, 2.75) is 43.7 Å². The zero-order valence-electron chi connectivity index (χ0n) is 22.8. The van der Waals surface area contributed by atoms with Crippen molar-refractivity contribution < 1.29 is 17.9 Å². The smallest absolute Gasteiger partial charge is 0.247 e. The number of ether oxygens (including phenoxy) is 1. The fraction of sp³-hybridized carbons (Fsp3) is 0.276. The Bertz CT molecular complexity index is 1650. The second-order valence-electron chi connectivity index (χ2n) is 9.99. The summed E-state index contributed by atoms with van der Waals surface area (Å²) < 4.78 is 35.7. The number of aromatic nitrogens is 2. The van der Waals surface area contributed by atoms with Crippen LogP contribution in [-0.2, 0) is 14.8 Å². The lowest BCUT2D eigenvalue weighted by atomic mass is 10.1. The predicted molar refractivity (Wildman–Crippen MR) is 163 cm³/mol. The molecule has 0 bridgehead atoms. The summed E-state index contributed by atoms with van der Waals surface area (Å²) in [5, 5.41) is 7.75. The van der Waals surface area contributed by atoms with E-state index in [0.717, 1.165) is 30.6 Å². The van der Waals surface area contributed by atoms with E-state index in [9.17, 15) is 13.2 Å². The monoisotopic (exact) mass is 592 g/mol. The van der Waals surface area contributed by atoms with E-state index < -0.39 is 10.0 Å². The van der Waals surface area contributed by atoms with Crippen molar-refractivity contribution in [3.8, 4) is 11.6 Å². The van der Waals surface area contributed by atoms with Crippen LogP contribution in [0.25, 0.3) is 10.2 Å². The summed E-state index contributed by atoms with van der Waals surface area (Å²) in [4.78, 5) is 23.4. The average molecular weight is 593 g/mol.